The van der Waals surface area contributed by atoms with Gasteiger partial charge in [-0.25, -0.2) is 0 Å². The van der Waals surface area contributed by atoms with Crippen LogP contribution in [0.5, 0.6) is 0 Å². The number of hydrogen-bond donors (Lipinski definition) is 3. The minimum absolute atomic E-state index is 0.0909. The lowest BCUT2D eigenvalue weighted by atomic mass is 10.0. The van der Waals surface area contributed by atoms with Crippen molar-refractivity contribution in [2.75, 3.05) is 0 Å². The predicted octanol–water partition coefficient (Wildman–Crippen LogP) is 4.40. The zero-order valence-corrected chi connectivity index (χ0v) is 16.2. The molecule has 0 amide bonds. The lowest BCUT2D eigenvalue weighted by Gasteiger charge is -2.16. The molecule has 8 heteroatoms. The maximum atomic E-state index is 11.2. The fourth-order valence-corrected chi connectivity index (χ4v) is 4.20. The number of aryl methyl sites for hydroxylation is 1. The molecule has 0 fully saturated rings. The highest BCUT2D eigenvalue weighted by Gasteiger charge is 2.31. The molecule has 0 spiro atoms. The summed E-state index contributed by atoms with van der Waals surface area (Å²) < 4.78 is 34.7. The van der Waals surface area contributed by atoms with Gasteiger partial charge in [-0.05, 0) is 24.8 Å². The van der Waals surface area contributed by atoms with Crippen LogP contribution in [0.15, 0.2) is 30.3 Å². The Labute approximate surface area is 152 Å². The average Bonchev–Trinajstić information content (AvgIpc) is 2.55. The second-order valence-corrected chi connectivity index (χ2v) is 8.59. The quantitative estimate of drug-likeness (QED) is 0.246. The number of benzene rings is 1. The van der Waals surface area contributed by atoms with Crippen LogP contribution in [0.25, 0.3) is 0 Å². The van der Waals surface area contributed by atoms with E-state index in [0.717, 1.165) is 32.1 Å². The Kier molecular flexibility index (Phi) is 11.5. The summed E-state index contributed by atoms with van der Waals surface area (Å²) in [5, 5.41) is 0. The summed E-state index contributed by atoms with van der Waals surface area (Å²) >= 11 is -2.66. The van der Waals surface area contributed by atoms with Gasteiger partial charge in [0, 0.05) is 0 Å². The van der Waals surface area contributed by atoms with Gasteiger partial charge in [0.1, 0.15) is 0 Å². The standard InChI is InChI=1S/C17H29O6PS/c18-24(19,20)17(23-25(21)22)15-11-6-4-2-1-3-5-8-12-16-13-9-7-10-14-16/h7,9-10,13-14,17H,1-6,8,11-12,15H2,(H,21,22)(H2,18,19,20). The van der Waals surface area contributed by atoms with Gasteiger partial charge in [0.25, 0.3) is 0 Å². The molecule has 1 aromatic rings. The normalized spacial score (nSPS) is 14.4. The first-order valence-corrected chi connectivity index (χ1v) is 11.5. The van der Waals surface area contributed by atoms with Crippen molar-refractivity contribution < 1.29 is 27.3 Å². The maximum absolute atomic E-state index is 11.2. The smallest absolute Gasteiger partial charge is 0.323 e. The Morgan fingerprint density at radius 1 is 0.920 bits per heavy atom. The van der Waals surface area contributed by atoms with Crippen LogP contribution in [-0.2, 0) is 26.5 Å². The number of rotatable bonds is 14. The molecule has 2 atom stereocenters. The highest BCUT2D eigenvalue weighted by atomic mass is 32.2. The molecule has 0 saturated carbocycles. The van der Waals surface area contributed by atoms with E-state index in [0.29, 0.717) is 6.42 Å². The summed E-state index contributed by atoms with van der Waals surface area (Å²) in [6.45, 7) is 0. The molecule has 0 saturated heterocycles. The average molecular weight is 392 g/mol. The number of hydrogen-bond acceptors (Lipinski definition) is 3. The third-order valence-corrected chi connectivity index (χ3v) is 5.73. The van der Waals surface area contributed by atoms with E-state index in [2.05, 4.69) is 28.4 Å². The van der Waals surface area contributed by atoms with Crippen LogP contribution in [0.3, 0.4) is 0 Å². The molecule has 2 unspecified atom stereocenters. The van der Waals surface area contributed by atoms with Crippen LogP contribution in [0.4, 0.5) is 0 Å². The Morgan fingerprint density at radius 2 is 1.44 bits per heavy atom. The Balaban J connectivity index is 1.99. The van der Waals surface area contributed by atoms with Crippen molar-refractivity contribution in [2.45, 2.75) is 70.1 Å². The maximum Gasteiger partial charge on any atom is 0.355 e. The minimum atomic E-state index is -4.50. The van der Waals surface area contributed by atoms with Crippen LogP contribution < -0.4 is 0 Å². The minimum Gasteiger partial charge on any atom is -0.323 e. The van der Waals surface area contributed by atoms with E-state index in [-0.39, 0.29) is 6.42 Å². The summed E-state index contributed by atoms with van der Waals surface area (Å²) in [6.07, 6.45) is 9.48. The largest absolute Gasteiger partial charge is 0.355 e. The van der Waals surface area contributed by atoms with Gasteiger partial charge in [0.2, 0.25) is 0 Å². The molecule has 25 heavy (non-hydrogen) atoms. The monoisotopic (exact) mass is 392 g/mol. The van der Waals surface area contributed by atoms with E-state index < -0.39 is 24.8 Å². The molecule has 0 aliphatic heterocycles. The van der Waals surface area contributed by atoms with Crippen LogP contribution in [0.2, 0.25) is 0 Å². The molecule has 0 heterocycles. The van der Waals surface area contributed by atoms with E-state index in [1.807, 2.05) is 6.07 Å². The lowest BCUT2D eigenvalue weighted by Crippen LogP contribution is -2.14. The fourth-order valence-electron chi connectivity index (χ4n) is 2.72. The summed E-state index contributed by atoms with van der Waals surface area (Å²) in [6, 6.07) is 10.5. The molecule has 144 valence electrons. The van der Waals surface area contributed by atoms with Crippen LogP contribution in [-0.4, -0.2) is 24.4 Å². The summed E-state index contributed by atoms with van der Waals surface area (Å²) in [5.41, 5.74) is 1.38. The zero-order valence-electron chi connectivity index (χ0n) is 14.5. The van der Waals surface area contributed by atoms with Crippen LogP contribution >= 0.6 is 7.60 Å². The van der Waals surface area contributed by atoms with Crippen molar-refractivity contribution in [3.05, 3.63) is 35.9 Å². The van der Waals surface area contributed by atoms with Gasteiger partial charge in [-0.2, -0.15) is 4.21 Å². The van der Waals surface area contributed by atoms with Crippen molar-refractivity contribution in [1.82, 2.24) is 0 Å². The molecule has 1 aromatic carbocycles. The summed E-state index contributed by atoms with van der Waals surface area (Å²) in [4.78, 5) is 18.1. The topological polar surface area (TPSA) is 104 Å². The van der Waals surface area contributed by atoms with Gasteiger partial charge in [-0.3, -0.25) is 13.3 Å². The van der Waals surface area contributed by atoms with Crippen LogP contribution in [0, 0.1) is 0 Å². The molecule has 0 radical (unpaired) electrons. The molecule has 0 aromatic heterocycles. The molecule has 3 N–H and O–H groups in total. The van der Waals surface area contributed by atoms with Gasteiger partial charge in [-0.1, -0.05) is 75.3 Å². The van der Waals surface area contributed by atoms with E-state index in [9.17, 15) is 8.77 Å². The van der Waals surface area contributed by atoms with Crippen molar-refractivity contribution >= 4 is 19.0 Å². The van der Waals surface area contributed by atoms with Crippen molar-refractivity contribution in [1.29, 1.82) is 0 Å². The predicted molar refractivity (Wildman–Crippen MR) is 99.4 cm³/mol. The highest BCUT2D eigenvalue weighted by molar-refractivity contribution is 7.74. The molecule has 0 aliphatic carbocycles. The zero-order chi connectivity index (χ0) is 18.5. The van der Waals surface area contributed by atoms with E-state index in [1.54, 1.807) is 0 Å². The van der Waals surface area contributed by atoms with Crippen molar-refractivity contribution in [3.63, 3.8) is 0 Å². The Bertz CT molecular complexity index is 533. The number of unbranched alkanes of at least 4 members (excludes halogenated alkanes) is 7. The second-order valence-electron chi connectivity index (χ2n) is 6.21. The summed E-state index contributed by atoms with van der Waals surface area (Å²) in [5.74, 6) is -1.49. The SMILES string of the molecule is O=S(O)OC(CCCCCCCCCCc1ccccc1)P(=O)(O)O. The molecule has 6 nitrogen and oxygen atoms in total. The second kappa shape index (κ2) is 12.7. The van der Waals surface area contributed by atoms with Crippen LogP contribution in [0.1, 0.15) is 63.4 Å². The lowest BCUT2D eigenvalue weighted by molar-refractivity contribution is 0.211. The molecule has 0 aliphatic rings. The molecular formula is C17H29O6PS. The Morgan fingerprint density at radius 3 is 1.96 bits per heavy atom. The highest BCUT2D eigenvalue weighted by Crippen LogP contribution is 2.44. The molecule has 0 bridgehead atoms. The first-order valence-electron chi connectivity index (χ1n) is 8.76. The first-order chi connectivity index (χ1) is 11.9. The van der Waals surface area contributed by atoms with Gasteiger partial charge in [-0.15, -0.1) is 0 Å². The third kappa shape index (κ3) is 11.6. The summed E-state index contributed by atoms with van der Waals surface area (Å²) in [7, 11) is -4.50. The molecular weight excluding hydrogens is 363 g/mol. The van der Waals surface area contributed by atoms with E-state index in [1.165, 1.54) is 24.8 Å². The first kappa shape index (κ1) is 22.5. The van der Waals surface area contributed by atoms with Crippen molar-refractivity contribution in [2.24, 2.45) is 0 Å². The van der Waals surface area contributed by atoms with Crippen molar-refractivity contribution in [3.8, 4) is 0 Å². The van der Waals surface area contributed by atoms with Gasteiger partial charge >= 0.3 is 19.0 Å². The van der Waals surface area contributed by atoms with Gasteiger partial charge < -0.3 is 9.79 Å². The fraction of sp³-hybridized carbons (Fsp3) is 0.647. The third-order valence-electron chi connectivity index (χ3n) is 4.08. The van der Waals surface area contributed by atoms with E-state index in [4.69, 9.17) is 14.3 Å². The Hall–Kier alpha value is -0.560. The van der Waals surface area contributed by atoms with Gasteiger partial charge in [0.15, 0.2) is 5.85 Å². The van der Waals surface area contributed by atoms with E-state index >= 15 is 0 Å². The molecule has 1 rings (SSSR count). The van der Waals surface area contributed by atoms with Gasteiger partial charge in [0.05, 0.1) is 0 Å².